The Morgan fingerprint density at radius 1 is 1.00 bits per heavy atom. The summed E-state index contributed by atoms with van der Waals surface area (Å²) in [6, 6.07) is 15.7. The first-order valence-corrected chi connectivity index (χ1v) is 12.6. The molecule has 1 saturated heterocycles. The van der Waals surface area contributed by atoms with Gasteiger partial charge >= 0.3 is 12.1 Å². The molecule has 2 aromatic rings. The lowest BCUT2D eigenvalue weighted by molar-refractivity contribution is -0.153. The van der Waals surface area contributed by atoms with E-state index < -0.39 is 18.1 Å². The van der Waals surface area contributed by atoms with E-state index in [0.717, 1.165) is 19.3 Å². The van der Waals surface area contributed by atoms with Crippen molar-refractivity contribution < 1.29 is 24.2 Å². The molecular formula is C28H34N2O5. The van der Waals surface area contributed by atoms with Crippen LogP contribution < -0.4 is 5.32 Å². The minimum Gasteiger partial charge on any atom is -0.480 e. The summed E-state index contributed by atoms with van der Waals surface area (Å²) >= 11 is 0. The first-order chi connectivity index (χ1) is 17.0. The van der Waals surface area contributed by atoms with Gasteiger partial charge in [-0.2, -0.15) is 0 Å². The van der Waals surface area contributed by atoms with Crippen LogP contribution in [0.15, 0.2) is 48.5 Å². The predicted octanol–water partition coefficient (Wildman–Crippen LogP) is 4.80. The summed E-state index contributed by atoms with van der Waals surface area (Å²) in [6.07, 6.45) is 3.45. The molecule has 0 bridgehead atoms. The largest absolute Gasteiger partial charge is 0.480 e. The van der Waals surface area contributed by atoms with Crippen LogP contribution in [-0.2, 0) is 14.3 Å². The van der Waals surface area contributed by atoms with Crippen LogP contribution >= 0.6 is 0 Å². The molecule has 1 fully saturated rings. The van der Waals surface area contributed by atoms with Gasteiger partial charge in [0.15, 0.2) is 0 Å². The van der Waals surface area contributed by atoms with Crippen LogP contribution in [0.25, 0.3) is 11.1 Å². The van der Waals surface area contributed by atoms with Crippen LogP contribution in [0.2, 0.25) is 0 Å². The number of carbonyl (C=O) groups excluding carboxylic acids is 2. The molecule has 0 aromatic heterocycles. The number of fused-ring (bicyclic) bond motifs is 3. The highest BCUT2D eigenvalue weighted by molar-refractivity contribution is 5.84. The Kier molecular flexibility index (Phi) is 8.06. The van der Waals surface area contributed by atoms with Gasteiger partial charge in [-0.3, -0.25) is 4.79 Å². The maximum atomic E-state index is 12.5. The lowest BCUT2D eigenvalue weighted by Crippen LogP contribution is -2.49. The summed E-state index contributed by atoms with van der Waals surface area (Å²) in [5, 5.41) is 12.2. The van der Waals surface area contributed by atoms with E-state index >= 15 is 0 Å². The molecule has 7 heteroatoms. The van der Waals surface area contributed by atoms with Crippen molar-refractivity contribution in [3.8, 4) is 11.1 Å². The monoisotopic (exact) mass is 478 g/mol. The van der Waals surface area contributed by atoms with Crippen molar-refractivity contribution in [2.75, 3.05) is 19.7 Å². The summed E-state index contributed by atoms with van der Waals surface area (Å²) in [5.74, 6) is -0.651. The Hall–Kier alpha value is -3.35. The van der Waals surface area contributed by atoms with Crippen molar-refractivity contribution >= 4 is 18.0 Å². The fourth-order valence-electron chi connectivity index (χ4n) is 5.24. The fraction of sp³-hybridized carbons (Fsp3) is 0.464. The molecule has 2 unspecified atom stereocenters. The summed E-state index contributed by atoms with van der Waals surface area (Å²) in [6.45, 7) is 3.30. The molecule has 35 heavy (non-hydrogen) atoms. The van der Waals surface area contributed by atoms with Gasteiger partial charge in [0.25, 0.3) is 0 Å². The Balaban J connectivity index is 1.15. The number of unbranched alkanes of at least 4 members (excludes halogenated alkanes) is 2. The summed E-state index contributed by atoms with van der Waals surface area (Å²) < 4.78 is 5.54. The topological polar surface area (TPSA) is 95.9 Å². The third-order valence-electron chi connectivity index (χ3n) is 7.15. The molecule has 186 valence electrons. The van der Waals surface area contributed by atoms with Gasteiger partial charge < -0.3 is 20.1 Å². The molecule has 0 radical (unpaired) electrons. The predicted molar refractivity (Wildman–Crippen MR) is 133 cm³/mol. The zero-order chi connectivity index (χ0) is 24.8. The molecule has 2 N–H and O–H groups in total. The molecular weight excluding hydrogens is 444 g/mol. The van der Waals surface area contributed by atoms with Crippen LogP contribution in [0, 0.1) is 5.92 Å². The van der Waals surface area contributed by atoms with Crippen LogP contribution in [-0.4, -0.2) is 53.7 Å². The normalized spacial score (nSPS) is 19.1. The fourth-order valence-corrected chi connectivity index (χ4v) is 5.24. The van der Waals surface area contributed by atoms with E-state index in [9.17, 15) is 19.5 Å². The summed E-state index contributed by atoms with van der Waals surface area (Å²) in [4.78, 5) is 37.8. The zero-order valence-corrected chi connectivity index (χ0v) is 20.2. The van der Waals surface area contributed by atoms with Gasteiger partial charge in [-0.05, 0) is 53.9 Å². The second-order valence-corrected chi connectivity index (χ2v) is 9.63. The van der Waals surface area contributed by atoms with Gasteiger partial charge in [-0.1, -0.05) is 61.9 Å². The molecule has 4 rings (SSSR count). The SMILES string of the molecule is CC1CCN(C(=O)CCCCCNC(=O)OCC2c3ccccc3-c3ccccc32)C(C(=O)O)C1. The van der Waals surface area contributed by atoms with Crippen LogP contribution in [0.4, 0.5) is 4.79 Å². The highest BCUT2D eigenvalue weighted by atomic mass is 16.5. The number of nitrogens with one attached hydrogen (secondary N) is 1. The molecule has 0 saturated carbocycles. The number of likely N-dealkylation sites (tertiary alicyclic amines) is 1. The van der Waals surface area contributed by atoms with Crippen molar-refractivity contribution in [2.24, 2.45) is 5.92 Å². The molecule has 0 spiro atoms. The summed E-state index contributed by atoms with van der Waals surface area (Å²) in [7, 11) is 0. The van der Waals surface area contributed by atoms with Crippen molar-refractivity contribution in [1.29, 1.82) is 0 Å². The number of hydrogen-bond donors (Lipinski definition) is 2. The number of carbonyl (C=O) groups is 3. The average molecular weight is 479 g/mol. The Labute approximate surface area is 206 Å². The number of ether oxygens (including phenoxy) is 1. The number of carboxylic acid groups (broad SMARTS) is 1. The van der Waals surface area contributed by atoms with E-state index in [1.165, 1.54) is 27.2 Å². The number of benzene rings is 2. The molecule has 7 nitrogen and oxygen atoms in total. The second-order valence-electron chi connectivity index (χ2n) is 9.63. The lowest BCUT2D eigenvalue weighted by atomic mass is 9.92. The lowest BCUT2D eigenvalue weighted by Gasteiger charge is -2.36. The van der Waals surface area contributed by atoms with Gasteiger partial charge in [0.2, 0.25) is 5.91 Å². The van der Waals surface area contributed by atoms with Gasteiger partial charge in [-0.15, -0.1) is 0 Å². The molecule has 2 atom stereocenters. The number of alkyl carbamates (subject to hydrolysis) is 1. The average Bonchev–Trinajstić information content (AvgIpc) is 3.18. The molecule has 1 aliphatic heterocycles. The molecule has 1 heterocycles. The Morgan fingerprint density at radius 3 is 2.31 bits per heavy atom. The van der Waals surface area contributed by atoms with E-state index in [4.69, 9.17) is 4.74 Å². The van der Waals surface area contributed by atoms with E-state index in [1.807, 2.05) is 31.2 Å². The van der Waals surface area contributed by atoms with Gasteiger partial charge in [0.1, 0.15) is 12.6 Å². The van der Waals surface area contributed by atoms with Crippen LogP contribution in [0.5, 0.6) is 0 Å². The number of rotatable bonds is 9. The molecule has 2 amide bonds. The van der Waals surface area contributed by atoms with E-state index in [-0.39, 0.29) is 18.4 Å². The van der Waals surface area contributed by atoms with Crippen molar-refractivity contribution in [2.45, 2.75) is 57.4 Å². The maximum Gasteiger partial charge on any atom is 0.407 e. The van der Waals surface area contributed by atoms with Gasteiger partial charge in [-0.25, -0.2) is 9.59 Å². The standard InChI is InChI=1S/C28H34N2O5/c1-19-14-16-30(25(17-19)27(32)33)26(31)13-3-2-8-15-29-28(34)35-18-24-22-11-6-4-9-20(22)21-10-5-7-12-23(21)24/h4-7,9-12,19,24-25H,2-3,8,13-18H2,1H3,(H,29,34)(H,32,33). The van der Waals surface area contributed by atoms with Crippen molar-refractivity contribution in [1.82, 2.24) is 10.2 Å². The third kappa shape index (κ3) is 5.84. The number of piperidine rings is 1. The quantitative estimate of drug-likeness (QED) is 0.505. The first-order valence-electron chi connectivity index (χ1n) is 12.6. The van der Waals surface area contributed by atoms with Gasteiger partial charge in [0, 0.05) is 25.4 Å². The van der Waals surface area contributed by atoms with Crippen molar-refractivity contribution in [3.63, 3.8) is 0 Å². The van der Waals surface area contributed by atoms with E-state index in [2.05, 4.69) is 29.6 Å². The second kappa shape index (κ2) is 11.4. The van der Waals surface area contributed by atoms with Crippen molar-refractivity contribution in [3.05, 3.63) is 59.7 Å². The Morgan fingerprint density at radius 2 is 1.66 bits per heavy atom. The smallest absolute Gasteiger partial charge is 0.407 e. The summed E-state index contributed by atoms with van der Waals surface area (Å²) in [5.41, 5.74) is 4.75. The molecule has 1 aliphatic carbocycles. The third-order valence-corrected chi connectivity index (χ3v) is 7.15. The number of hydrogen-bond acceptors (Lipinski definition) is 4. The number of nitrogens with zero attached hydrogens (tertiary/aromatic N) is 1. The minimum atomic E-state index is -0.919. The molecule has 2 aromatic carbocycles. The number of carboxylic acids is 1. The van der Waals surface area contributed by atoms with Crippen LogP contribution in [0.1, 0.15) is 62.5 Å². The first kappa shape index (κ1) is 24.8. The highest BCUT2D eigenvalue weighted by Gasteiger charge is 2.34. The maximum absolute atomic E-state index is 12.5. The van der Waals surface area contributed by atoms with E-state index in [0.29, 0.717) is 38.3 Å². The number of amides is 2. The van der Waals surface area contributed by atoms with E-state index in [1.54, 1.807) is 0 Å². The zero-order valence-electron chi connectivity index (χ0n) is 20.2. The van der Waals surface area contributed by atoms with Crippen LogP contribution in [0.3, 0.4) is 0 Å². The molecule has 2 aliphatic rings. The Bertz CT molecular complexity index is 1020. The van der Waals surface area contributed by atoms with Gasteiger partial charge in [0.05, 0.1) is 0 Å². The highest BCUT2D eigenvalue weighted by Crippen LogP contribution is 2.44. The minimum absolute atomic E-state index is 0.0339. The number of aliphatic carboxylic acids is 1.